The number of phenolic OH excluding ortho intramolecular Hbond substituents is 2. The number of hydrogen-bond acceptors (Lipinski definition) is 14. The van der Waals surface area contributed by atoms with Crippen molar-refractivity contribution in [1.29, 1.82) is 0 Å². The zero-order valence-corrected chi connectivity index (χ0v) is 21.4. The Kier molecular flexibility index (Phi) is 9.57. The minimum absolute atomic E-state index is 0.161. The lowest BCUT2D eigenvalue weighted by Gasteiger charge is -2.40. The molecule has 0 unspecified atom stereocenters. The van der Waals surface area contributed by atoms with Gasteiger partial charge in [0, 0.05) is 6.08 Å². The van der Waals surface area contributed by atoms with E-state index in [1.54, 1.807) is 18.2 Å². The summed E-state index contributed by atoms with van der Waals surface area (Å²) in [6, 6.07) is 11.7. The summed E-state index contributed by atoms with van der Waals surface area (Å²) in [5, 5.41) is 70.9. The molecule has 4 rings (SSSR count). The van der Waals surface area contributed by atoms with Gasteiger partial charge in [0.15, 0.2) is 23.4 Å². The van der Waals surface area contributed by atoms with Crippen LogP contribution in [0.4, 0.5) is 0 Å². The molecule has 222 valence electrons. The number of phenols is 2. The molecule has 41 heavy (non-hydrogen) atoms. The molecule has 2 saturated heterocycles. The zero-order chi connectivity index (χ0) is 29.7. The molecule has 0 radical (unpaired) electrons. The van der Waals surface area contributed by atoms with E-state index in [-0.39, 0.29) is 17.1 Å². The predicted octanol–water partition coefficient (Wildman–Crippen LogP) is -1.22. The maximum Gasteiger partial charge on any atom is 0.340 e. The van der Waals surface area contributed by atoms with Crippen LogP contribution in [-0.4, -0.2) is 116 Å². The van der Waals surface area contributed by atoms with Gasteiger partial charge in [-0.25, -0.2) is 9.59 Å². The molecule has 2 aromatic carbocycles. The Morgan fingerprint density at radius 3 is 2.39 bits per heavy atom. The predicted molar refractivity (Wildman–Crippen MR) is 135 cm³/mol. The summed E-state index contributed by atoms with van der Waals surface area (Å²) < 4.78 is 26.3. The van der Waals surface area contributed by atoms with Gasteiger partial charge in [-0.3, -0.25) is 0 Å². The fraction of sp³-hybridized carbons (Fsp3) is 0.407. The largest absolute Gasteiger partial charge is 0.504 e. The molecule has 0 spiro atoms. The number of aliphatic hydroxyl groups is 5. The van der Waals surface area contributed by atoms with Gasteiger partial charge in [0.05, 0.1) is 18.8 Å². The summed E-state index contributed by atoms with van der Waals surface area (Å²) in [5.74, 6) is -2.44. The van der Waals surface area contributed by atoms with E-state index in [9.17, 15) is 45.3 Å². The lowest BCUT2D eigenvalue weighted by Crippen LogP contribution is -2.60. The Hall–Kier alpha value is -3.60. The Bertz CT molecular complexity index is 1240. The molecule has 2 fully saturated rings. The second-order valence-electron chi connectivity index (χ2n) is 9.54. The lowest BCUT2D eigenvalue weighted by atomic mass is 9.99. The second kappa shape index (κ2) is 12.9. The molecule has 0 aromatic heterocycles. The first kappa shape index (κ1) is 30.4. The van der Waals surface area contributed by atoms with E-state index in [2.05, 4.69) is 0 Å². The summed E-state index contributed by atoms with van der Waals surface area (Å²) in [6.07, 6.45) is -9.06. The third-order valence-electron chi connectivity index (χ3n) is 6.51. The van der Waals surface area contributed by atoms with Crippen molar-refractivity contribution in [1.82, 2.24) is 0 Å². The molecule has 14 nitrogen and oxygen atoms in total. The standard InChI is InChI=1S/C27H30O14/c28-16-8-6-14(10-17(16)29)7-9-19(30)38-12-27(36)13-39-26(23(27)34)37-11-18-20(31)21(32)22(33)25(40-18)41-24(35)15-4-2-1-3-5-15/h1-10,18,20-23,25-26,28-29,31-34,36H,11-13H2/t18-,20-,21+,22-,23+,25+,26-,27-/m1/s1. The number of carbonyl (C=O) groups is 2. The van der Waals surface area contributed by atoms with Gasteiger partial charge < -0.3 is 59.4 Å². The highest BCUT2D eigenvalue weighted by molar-refractivity contribution is 5.89. The number of hydrogen-bond donors (Lipinski definition) is 7. The van der Waals surface area contributed by atoms with Crippen molar-refractivity contribution >= 4 is 18.0 Å². The Morgan fingerprint density at radius 1 is 0.951 bits per heavy atom. The van der Waals surface area contributed by atoms with Crippen molar-refractivity contribution in [2.75, 3.05) is 19.8 Å². The van der Waals surface area contributed by atoms with Crippen molar-refractivity contribution < 1.29 is 69.0 Å². The molecular weight excluding hydrogens is 548 g/mol. The van der Waals surface area contributed by atoms with Gasteiger partial charge in [-0.1, -0.05) is 24.3 Å². The summed E-state index contributed by atoms with van der Waals surface area (Å²) >= 11 is 0. The van der Waals surface area contributed by atoms with E-state index >= 15 is 0 Å². The fourth-order valence-corrected chi connectivity index (χ4v) is 4.06. The third kappa shape index (κ3) is 7.19. The topological polar surface area (TPSA) is 222 Å². The van der Waals surface area contributed by atoms with Crippen LogP contribution in [0.1, 0.15) is 15.9 Å². The van der Waals surface area contributed by atoms with E-state index in [0.717, 1.165) is 6.08 Å². The maximum absolute atomic E-state index is 12.4. The van der Waals surface area contributed by atoms with Crippen molar-refractivity contribution in [2.45, 2.75) is 48.7 Å². The van der Waals surface area contributed by atoms with Crippen LogP contribution in [0.15, 0.2) is 54.6 Å². The maximum atomic E-state index is 12.4. The first-order valence-electron chi connectivity index (χ1n) is 12.4. The number of esters is 2. The molecule has 2 aromatic rings. The van der Waals surface area contributed by atoms with Crippen LogP contribution in [0.3, 0.4) is 0 Å². The minimum atomic E-state index is -2.06. The monoisotopic (exact) mass is 578 g/mol. The second-order valence-corrected chi connectivity index (χ2v) is 9.54. The average Bonchev–Trinajstić information content (AvgIpc) is 3.25. The van der Waals surface area contributed by atoms with Crippen molar-refractivity contribution in [2.24, 2.45) is 0 Å². The van der Waals surface area contributed by atoms with Gasteiger partial charge in [0.25, 0.3) is 0 Å². The molecule has 0 saturated carbocycles. The number of ether oxygens (including phenoxy) is 5. The Labute approximate surface area is 233 Å². The first-order valence-corrected chi connectivity index (χ1v) is 12.4. The van der Waals surface area contributed by atoms with E-state index in [1.807, 2.05) is 0 Å². The van der Waals surface area contributed by atoms with Gasteiger partial charge in [-0.2, -0.15) is 0 Å². The van der Waals surface area contributed by atoms with Crippen molar-refractivity contribution in [3.63, 3.8) is 0 Å². The summed E-state index contributed by atoms with van der Waals surface area (Å²) in [7, 11) is 0. The molecule has 0 aliphatic carbocycles. The Morgan fingerprint density at radius 2 is 1.68 bits per heavy atom. The molecule has 8 atom stereocenters. The van der Waals surface area contributed by atoms with Crippen LogP contribution in [0.25, 0.3) is 6.08 Å². The van der Waals surface area contributed by atoms with Crippen LogP contribution < -0.4 is 0 Å². The molecule has 14 heteroatoms. The van der Waals surface area contributed by atoms with Gasteiger partial charge in [0.2, 0.25) is 6.29 Å². The van der Waals surface area contributed by atoms with Crippen LogP contribution >= 0.6 is 0 Å². The highest BCUT2D eigenvalue weighted by Crippen LogP contribution is 2.29. The van der Waals surface area contributed by atoms with E-state index in [0.29, 0.717) is 5.56 Å². The van der Waals surface area contributed by atoms with Gasteiger partial charge in [-0.05, 0) is 35.9 Å². The normalized spacial score (nSPS) is 31.7. The number of rotatable bonds is 9. The SMILES string of the molecule is O=C(C=Cc1ccc(O)c(O)c1)OC[C@@]1(O)CO[C@@H](OC[C@H]2O[C@@H](OC(=O)c3ccccc3)[C@H](O)[C@@H](O)[C@@H]2O)[C@@H]1O. The van der Waals surface area contributed by atoms with Crippen molar-refractivity contribution in [3.05, 3.63) is 65.7 Å². The molecule has 0 bridgehead atoms. The summed E-state index contributed by atoms with van der Waals surface area (Å²) in [5.41, 5.74) is -1.51. The third-order valence-corrected chi connectivity index (χ3v) is 6.51. The number of carbonyl (C=O) groups excluding carboxylic acids is 2. The summed E-state index contributed by atoms with van der Waals surface area (Å²) in [6.45, 7) is -1.69. The average molecular weight is 579 g/mol. The van der Waals surface area contributed by atoms with Crippen molar-refractivity contribution in [3.8, 4) is 11.5 Å². The fourth-order valence-electron chi connectivity index (χ4n) is 4.06. The molecule has 2 aliphatic heterocycles. The number of aliphatic hydroxyl groups excluding tert-OH is 4. The van der Waals surface area contributed by atoms with Gasteiger partial charge in [-0.15, -0.1) is 0 Å². The highest BCUT2D eigenvalue weighted by Gasteiger charge is 2.51. The lowest BCUT2D eigenvalue weighted by molar-refractivity contribution is -0.295. The first-order chi connectivity index (χ1) is 19.5. The smallest absolute Gasteiger partial charge is 0.340 e. The van der Waals surface area contributed by atoms with Crippen LogP contribution in [0.5, 0.6) is 11.5 Å². The minimum Gasteiger partial charge on any atom is -0.504 e. The van der Waals surface area contributed by atoms with E-state index in [4.69, 9.17) is 23.7 Å². The molecule has 0 amide bonds. The molecule has 2 heterocycles. The zero-order valence-electron chi connectivity index (χ0n) is 21.4. The van der Waals surface area contributed by atoms with E-state index < -0.39 is 80.5 Å². The van der Waals surface area contributed by atoms with Crippen LogP contribution in [-0.2, 0) is 28.5 Å². The van der Waals surface area contributed by atoms with Crippen LogP contribution in [0.2, 0.25) is 0 Å². The Balaban J connectivity index is 1.28. The molecular formula is C27H30O14. The quantitative estimate of drug-likeness (QED) is 0.105. The summed E-state index contributed by atoms with van der Waals surface area (Å²) in [4.78, 5) is 24.4. The highest BCUT2D eigenvalue weighted by atomic mass is 16.7. The molecule has 2 aliphatic rings. The van der Waals surface area contributed by atoms with Crippen LogP contribution in [0, 0.1) is 0 Å². The van der Waals surface area contributed by atoms with Gasteiger partial charge >= 0.3 is 11.9 Å². The number of aromatic hydroxyl groups is 2. The van der Waals surface area contributed by atoms with Gasteiger partial charge in [0.1, 0.15) is 37.1 Å². The number of benzene rings is 2. The molecule has 7 N–H and O–H groups in total. The van der Waals surface area contributed by atoms with E-state index in [1.165, 1.54) is 36.4 Å².